The molecule has 0 spiro atoms. The van der Waals surface area contributed by atoms with Crippen molar-refractivity contribution < 1.29 is 9.53 Å². The lowest BCUT2D eigenvalue weighted by Crippen LogP contribution is -2.34. The second-order valence-corrected chi connectivity index (χ2v) is 7.90. The minimum absolute atomic E-state index is 0.0966. The molecule has 0 bridgehead atoms. The molecule has 2 aromatic heterocycles. The van der Waals surface area contributed by atoms with Gasteiger partial charge in [0.25, 0.3) is 0 Å². The molecule has 1 aliphatic heterocycles. The summed E-state index contributed by atoms with van der Waals surface area (Å²) < 4.78 is 5.36. The Morgan fingerprint density at radius 3 is 2.44 bits per heavy atom. The zero-order valence-electron chi connectivity index (χ0n) is 17.9. The van der Waals surface area contributed by atoms with Crippen molar-refractivity contribution in [1.82, 2.24) is 14.9 Å². The highest BCUT2D eigenvalue weighted by Gasteiger charge is 2.26. The Morgan fingerprint density at radius 2 is 1.75 bits per heavy atom. The number of hydrogen-bond donors (Lipinski definition) is 1. The Morgan fingerprint density at radius 1 is 1.03 bits per heavy atom. The van der Waals surface area contributed by atoms with E-state index in [4.69, 9.17) is 9.72 Å². The first-order chi connectivity index (χ1) is 15.7. The van der Waals surface area contributed by atoms with Crippen molar-refractivity contribution in [3.8, 4) is 22.4 Å². The number of pyridine rings is 2. The fourth-order valence-corrected chi connectivity index (χ4v) is 4.09. The molecule has 1 unspecified atom stereocenters. The minimum atomic E-state index is -0.159. The van der Waals surface area contributed by atoms with Crippen LogP contribution in [0.3, 0.4) is 0 Å². The highest BCUT2D eigenvalue weighted by Crippen LogP contribution is 2.33. The minimum Gasteiger partial charge on any atom is -0.380 e. The lowest BCUT2D eigenvalue weighted by molar-refractivity contribution is 0.111. The number of fused-ring (bicyclic) bond motifs is 1. The highest BCUT2D eigenvalue weighted by atomic mass is 16.5. The summed E-state index contributed by atoms with van der Waals surface area (Å²) >= 11 is 0. The molecule has 0 saturated carbocycles. The molecule has 160 valence electrons. The van der Waals surface area contributed by atoms with E-state index in [1.165, 1.54) is 0 Å². The van der Waals surface area contributed by atoms with Gasteiger partial charge in [-0.25, -0.2) is 14.8 Å². The van der Waals surface area contributed by atoms with Gasteiger partial charge < -0.3 is 9.64 Å². The van der Waals surface area contributed by atoms with Gasteiger partial charge in [-0.2, -0.15) is 0 Å². The molecule has 1 N–H and O–H groups in total. The Hall–Kier alpha value is -3.77. The van der Waals surface area contributed by atoms with E-state index in [1.807, 2.05) is 42.5 Å². The number of carbonyl (C=O) groups excluding carboxylic acids is 1. The summed E-state index contributed by atoms with van der Waals surface area (Å²) in [6.45, 7) is 1.27. The fraction of sp³-hybridized carbons (Fsp3) is 0.192. The number of aromatic nitrogens is 2. The lowest BCUT2D eigenvalue weighted by atomic mass is 9.98. The molecule has 1 fully saturated rings. The lowest BCUT2D eigenvalue weighted by Gasteiger charge is -2.17. The van der Waals surface area contributed by atoms with Gasteiger partial charge >= 0.3 is 6.03 Å². The number of rotatable bonds is 4. The van der Waals surface area contributed by atoms with E-state index < -0.39 is 0 Å². The maximum atomic E-state index is 12.6. The van der Waals surface area contributed by atoms with Crippen molar-refractivity contribution in [3.05, 3.63) is 79.0 Å². The van der Waals surface area contributed by atoms with Crippen LogP contribution in [-0.4, -0.2) is 47.2 Å². The number of amides is 2. The predicted octanol–water partition coefficient (Wildman–Crippen LogP) is 5.22. The molecule has 32 heavy (non-hydrogen) atoms. The molecule has 3 heterocycles. The number of anilines is 1. The van der Waals surface area contributed by atoms with E-state index in [1.54, 1.807) is 18.2 Å². The van der Waals surface area contributed by atoms with Crippen molar-refractivity contribution in [2.24, 2.45) is 0 Å². The smallest absolute Gasteiger partial charge is 0.323 e. The van der Waals surface area contributed by atoms with Crippen molar-refractivity contribution in [3.63, 3.8) is 0 Å². The second kappa shape index (κ2) is 8.77. The van der Waals surface area contributed by atoms with Crippen LogP contribution in [0.1, 0.15) is 6.42 Å². The van der Waals surface area contributed by atoms with E-state index in [0.29, 0.717) is 18.9 Å². The quantitative estimate of drug-likeness (QED) is 0.488. The topological polar surface area (TPSA) is 67.3 Å². The number of likely N-dealkylation sites (tertiary alicyclic amines) is 1. The molecule has 2 amide bonds. The summed E-state index contributed by atoms with van der Waals surface area (Å²) in [5.41, 5.74) is 4.86. The molecule has 1 atom stereocenters. The van der Waals surface area contributed by atoms with Gasteiger partial charge in [-0.3, -0.25) is 5.32 Å². The molecular formula is C26H24N4O2. The molecule has 6 heteroatoms. The molecule has 6 nitrogen and oxygen atoms in total. The van der Waals surface area contributed by atoms with Crippen LogP contribution < -0.4 is 5.32 Å². The van der Waals surface area contributed by atoms with Crippen LogP contribution in [0.15, 0.2) is 79.0 Å². The molecule has 5 rings (SSSR count). The standard InChI is InChI=1S/C26H24N4O2/c1-32-21-12-13-30(17-21)26(31)29-24-15-20-14-22(18-8-4-2-5-9-18)25(28-23(20)16-27-24)19-10-6-3-7-11-19/h2-11,14-16,21H,12-13,17H2,1H3,(H,27,29,31). The van der Waals surface area contributed by atoms with Gasteiger partial charge in [-0.15, -0.1) is 0 Å². The number of nitrogens with one attached hydrogen (secondary N) is 1. The molecule has 2 aromatic carbocycles. The summed E-state index contributed by atoms with van der Waals surface area (Å²) in [6.07, 6.45) is 2.66. The third kappa shape index (κ3) is 4.05. The van der Waals surface area contributed by atoms with Gasteiger partial charge in [0.05, 0.1) is 23.5 Å². The van der Waals surface area contributed by atoms with Crippen LogP contribution >= 0.6 is 0 Å². The van der Waals surface area contributed by atoms with Crippen LogP contribution in [0.4, 0.5) is 10.6 Å². The van der Waals surface area contributed by atoms with E-state index in [2.05, 4.69) is 40.6 Å². The van der Waals surface area contributed by atoms with Gasteiger partial charge in [0.1, 0.15) is 5.82 Å². The zero-order chi connectivity index (χ0) is 21.9. The Bertz CT molecular complexity index is 1240. The SMILES string of the molecule is COC1CCN(C(=O)Nc2cc3cc(-c4ccccc4)c(-c4ccccc4)nc3cn2)C1. The highest BCUT2D eigenvalue weighted by molar-refractivity contribution is 5.94. The maximum Gasteiger partial charge on any atom is 0.323 e. The predicted molar refractivity (Wildman–Crippen MR) is 126 cm³/mol. The average molecular weight is 425 g/mol. The summed E-state index contributed by atoms with van der Waals surface area (Å²) in [5, 5.41) is 3.84. The first kappa shape index (κ1) is 20.2. The number of carbonyl (C=O) groups is 1. The number of ether oxygens (including phenoxy) is 1. The molecule has 4 aromatic rings. The summed E-state index contributed by atoms with van der Waals surface area (Å²) in [6, 6.07) is 24.2. The van der Waals surface area contributed by atoms with Crippen molar-refractivity contribution >= 4 is 22.8 Å². The fourth-order valence-electron chi connectivity index (χ4n) is 4.09. The summed E-state index contributed by atoms with van der Waals surface area (Å²) in [7, 11) is 1.68. The molecule has 0 radical (unpaired) electrons. The molecule has 1 saturated heterocycles. The van der Waals surface area contributed by atoms with Gasteiger partial charge in [0.15, 0.2) is 0 Å². The van der Waals surface area contributed by atoms with E-state index >= 15 is 0 Å². The van der Waals surface area contributed by atoms with Crippen LogP contribution in [0.25, 0.3) is 33.3 Å². The van der Waals surface area contributed by atoms with Gasteiger partial charge in [-0.1, -0.05) is 60.7 Å². The van der Waals surface area contributed by atoms with Crippen molar-refractivity contribution in [2.75, 3.05) is 25.5 Å². The molecule has 1 aliphatic rings. The third-order valence-corrected chi connectivity index (χ3v) is 5.83. The van der Waals surface area contributed by atoms with Crippen LogP contribution in [0.2, 0.25) is 0 Å². The Balaban J connectivity index is 1.51. The first-order valence-electron chi connectivity index (χ1n) is 10.7. The number of benzene rings is 2. The monoisotopic (exact) mass is 424 g/mol. The van der Waals surface area contributed by atoms with Crippen molar-refractivity contribution in [1.29, 1.82) is 0 Å². The van der Waals surface area contributed by atoms with E-state index in [-0.39, 0.29) is 12.1 Å². The first-order valence-corrected chi connectivity index (χ1v) is 10.7. The van der Waals surface area contributed by atoms with Crippen LogP contribution in [0, 0.1) is 0 Å². The largest absolute Gasteiger partial charge is 0.380 e. The average Bonchev–Trinajstić information content (AvgIpc) is 3.34. The maximum absolute atomic E-state index is 12.6. The number of methoxy groups -OCH3 is 1. The number of urea groups is 1. The normalized spacial score (nSPS) is 15.8. The number of hydrogen-bond acceptors (Lipinski definition) is 4. The Kier molecular flexibility index (Phi) is 5.52. The Labute approximate surface area is 186 Å². The van der Waals surface area contributed by atoms with Crippen LogP contribution in [-0.2, 0) is 4.74 Å². The summed E-state index contributed by atoms with van der Waals surface area (Å²) in [5.74, 6) is 0.511. The molecule has 0 aliphatic carbocycles. The van der Waals surface area contributed by atoms with Crippen molar-refractivity contribution in [2.45, 2.75) is 12.5 Å². The zero-order valence-corrected chi connectivity index (χ0v) is 17.9. The van der Waals surface area contributed by atoms with Gasteiger partial charge in [0.2, 0.25) is 0 Å². The van der Waals surface area contributed by atoms with Crippen LogP contribution in [0.5, 0.6) is 0 Å². The molecular weight excluding hydrogens is 400 g/mol. The van der Waals surface area contributed by atoms with Gasteiger partial charge in [0, 0.05) is 36.7 Å². The third-order valence-electron chi connectivity index (χ3n) is 5.83. The van der Waals surface area contributed by atoms with E-state index in [0.717, 1.165) is 39.7 Å². The van der Waals surface area contributed by atoms with E-state index in [9.17, 15) is 4.79 Å². The number of nitrogens with zero attached hydrogens (tertiary/aromatic N) is 3. The second-order valence-electron chi connectivity index (χ2n) is 7.90. The summed E-state index contributed by atoms with van der Waals surface area (Å²) in [4.78, 5) is 23.8. The van der Waals surface area contributed by atoms with Gasteiger partial charge in [-0.05, 0) is 24.1 Å².